The zero-order valence-corrected chi connectivity index (χ0v) is 20.4. The van der Waals surface area contributed by atoms with E-state index in [1.54, 1.807) is 0 Å². The average Bonchev–Trinajstić information content (AvgIpc) is 2.73. The minimum absolute atomic E-state index is 0.614. The first-order valence-corrected chi connectivity index (χ1v) is 11.9. The van der Waals surface area contributed by atoms with Crippen LogP contribution in [0.4, 0.5) is 0 Å². The smallest absolute Gasteiger partial charge is 0.0346 e. The Labute approximate surface area is 190 Å². The van der Waals surface area contributed by atoms with E-state index >= 15 is 0 Å². The lowest BCUT2D eigenvalue weighted by molar-refractivity contribution is 0.355. The van der Waals surface area contributed by atoms with Crippen molar-refractivity contribution in [3.63, 3.8) is 0 Å². The van der Waals surface area contributed by atoms with E-state index in [9.17, 15) is 0 Å². The minimum atomic E-state index is 0.614. The topological polar surface area (TPSA) is 0 Å². The Hall–Kier alpha value is -1.91. The number of thiol groups is 1. The van der Waals surface area contributed by atoms with Gasteiger partial charge < -0.3 is 0 Å². The summed E-state index contributed by atoms with van der Waals surface area (Å²) < 4.78 is 0. The van der Waals surface area contributed by atoms with Gasteiger partial charge in [-0.3, -0.25) is 0 Å². The van der Waals surface area contributed by atoms with Gasteiger partial charge in [0.2, 0.25) is 0 Å². The van der Waals surface area contributed by atoms with E-state index in [4.69, 9.17) is 0 Å². The molecule has 0 amide bonds. The van der Waals surface area contributed by atoms with E-state index in [0.717, 1.165) is 28.4 Å². The van der Waals surface area contributed by atoms with Crippen molar-refractivity contribution in [1.82, 2.24) is 0 Å². The van der Waals surface area contributed by atoms with Gasteiger partial charge in [-0.15, -0.1) is 18.5 Å². The maximum absolute atomic E-state index is 4.47. The molecule has 2 aromatic rings. The highest BCUT2D eigenvalue weighted by atomic mass is 32.1. The summed E-state index contributed by atoms with van der Waals surface area (Å²) in [4.78, 5) is 0.972. The van der Waals surface area contributed by atoms with Gasteiger partial charge in [-0.2, -0.15) is 0 Å². The van der Waals surface area contributed by atoms with Crippen molar-refractivity contribution in [3.8, 4) is 11.8 Å². The highest BCUT2D eigenvalue weighted by molar-refractivity contribution is 7.80. The number of hydrogen-bond donors (Lipinski definition) is 1. The molecule has 2 rings (SSSR count). The largest absolute Gasteiger partial charge is 0.143 e. The molecule has 0 aliphatic carbocycles. The van der Waals surface area contributed by atoms with Crippen LogP contribution < -0.4 is 0 Å². The molecule has 1 unspecified atom stereocenters. The first-order chi connectivity index (χ1) is 14.5. The molecule has 0 nitrogen and oxygen atoms in total. The van der Waals surface area contributed by atoms with Crippen LogP contribution >= 0.6 is 12.6 Å². The van der Waals surface area contributed by atoms with Crippen molar-refractivity contribution in [3.05, 3.63) is 70.8 Å². The lowest BCUT2D eigenvalue weighted by Crippen LogP contribution is -2.14. The van der Waals surface area contributed by atoms with Crippen LogP contribution in [-0.4, -0.2) is 0 Å². The van der Waals surface area contributed by atoms with Crippen LogP contribution in [0.25, 0.3) is 5.57 Å². The molecule has 0 saturated heterocycles. The van der Waals surface area contributed by atoms with Crippen molar-refractivity contribution in [2.24, 2.45) is 5.92 Å². The first-order valence-electron chi connectivity index (χ1n) is 11.5. The van der Waals surface area contributed by atoms with Crippen LogP contribution in [0.15, 0.2) is 47.9 Å². The van der Waals surface area contributed by atoms with E-state index in [1.165, 1.54) is 54.4 Å². The van der Waals surface area contributed by atoms with Gasteiger partial charge in [0.1, 0.15) is 0 Å². The number of rotatable bonds is 10. The molecule has 0 spiro atoms. The van der Waals surface area contributed by atoms with Crippen LogP contribution in [0, 0.1) is 24.7 Å². The van der Waals surface area contributed by atoms with Crippen molar-refractivity contribution in [2.75, 3.05) is 0 Å². The summed E-state index contributed by atoms with van der Waals surface area (Å²) in [6.07, 6.45) is 7.08. The molecule has 0 aliphatic rings. The zero-order valence-electron chi connectivity index (χ0n) is 19.5. The van der Waals surface area contributed by atoms with Gasteiger partial charge in [-0.25, -0.2) is 0 Å². The summed E-state index contributed by atoms with van der Waals surface area (Å²) in [7, 11) is 0. The van der Waals surface area contributed by atoms with Gasteiger partial charge in [0.25, 0.3) is 0 Å². The Kier molecular flexibility index (Phi) is 9.80. The van der Waals surface area contributed by atoms with Gasteiger partial charge in [-0.05, 0) is 77.6 Å². The quantitative estimate of drug-likeness (QED) is 0.290. The molecule has 0 N–H and O–H groups in total. The van der Waals surface area contributed by atoms with Gasteiger partial charge in [0.15, 0.2) is 0 Å². The number of hydrogen-bond acceptors (Lipinski definition) is 1. The van der Waals surface area contributed by atoms with Crippen LogP contribution in [0.3, 0.4) is 0 Å². The third-order valence-electron chi connectivity index (χ3n) is 6.17. The molecule has 0 heterocycles. The second-order valence-corrected chi connectivity index (χ2v) is 8.87. The molecular weight excluding hydrogens is 380 g/mol. The first kappa shape index (κ1) is 24.4. The van der Waals surface area contributed by atoms with E-state index in [1.807, 2.05) is 19.1 Å². The lowest BCUT2D eigenvalue weighted by Gasteiger charge is -2.28. The number of aryl methyl sites for hydroxylation is 1. The molecule has 0 aromatic heterocycles. The van der Waals surface area contributed by atoms with E-state index in [0.29, 0.717) is 5.92 Å². The minimum Gasteiger partial charge on any atom is -0.143 e. The molecule has 1 heteroatoms. The van der Waals surface area contributed by atoms with Gasteiger partial charge >= 0.3 is 0 Å². The fourth-order valence-corrected chi connectivity index (χ4v) is 4.94. The molecule has 160 valence electrons. The highest BCUT2D eigenvalue weighted by Crippen LogP contribution is 2.38. The van der Waals surface area contributed by atoms with Crippen LogP contribution in [0.5, 0.6) is 0 Å². The van der Waals surface area contributed by atoms with Gasteiger partial charge in [0, 0.05) is 11.3 Å². The molecule has 2 aromatic carbocycles. The van der Waals surface area contributed by atoms with Crippen molar-refractivity contribution >= 4 is 18.2 Å². The summed E-state index contributed by atoms with van der Waals surface area (Å²) in [5, 5.41) is 0. The van der Waals surface area contributed by atoms with Crippen LogP contribution in [0.1, 0.15) is 93.5 Å². The van der Waals surface area contributed by atoms with Gasteiger partial charge in [-0.1, -0.05) is 83.2 Å². The maximum atomic E-state index is 4.47. The Bertz CT molecular complexity index is 886. The highest BCUT2D eigenvalue weighted by Gasteiger charge is 2.23. The molecule has 0 bridgehead atoms. The predicted molar refractivity (Wildman–Crippen MR) is 137 cm³/mol. The fraction of sp³-hybridized carbons (Fsp3) is 0.448. The van der Waals surface area contributed by atoms with Crippen LogP contribution in [-0.2, 0) is 6.42 Å². The Morgan fingerprint density at radius 3 is 2.20 bits per heavy atom. The third-order valence-corrected chi connectivity index (χ3v) is 6.47. The predicted octanol–water partition coefficient (Wildman–Crippen LogP) is 8.62. The summed E-state index contributed by atoms with van der Waals surface area (Å²) in [6.45, 7) is 15.6. The number of benzene rings is 2. The van der Waals surface area contributed by atoms with Crippen LogP contribution in [0.2, 0.25) is 0 Å². The summed E-state index contributed by atoms with van der Waals surface area (Å²) in [5.74, 6) is 7.76. The SMILES string of the molecule is C=C(c1ccc(S)cc1)c1c(C)cc(C(CC)C(CCC)CCC)cc1CC#CC. The Morgan fingerprint density at radius 1 is 1.03 bits per heavy atom. The molecule has 0 radical (unpaired) electrons. The third kappa shape index (κ3) is 6.05. The monoisotopic (exact) mass is 418 g/mol. The Morgan fingerprint density at radius 2 is 1.67 bits per heavy atom. The lowest BCUT2D eigenvalue weighted by atomic mass is 9.77. The van der Waals surface area contributed by atoms with Crippen molar-refractivity contribution < 1.29 is 0 Å². The zero-order chi connectivity index (χ0) is 22.1. The Balaban J connectivity index is 2.55. The standard InChI is InChI=1S/C29H38S/c1-7-11-14-25-20-26(28(10-4)24(12-8-2)13-9-3)19-21(5)29(25)22(6)23-15-17-27(30)18-16-23/h15-20,24,28,30H,6,8-10,12-14H2,1-5H3. The normalized spacial score (nSPS) is 11.8. The van der Waals surface area contributed by atoms with E-state index < -0.39 is 0 Å². The molecule has 0 saturated carbocycles. The van der Waals surface area contributed by atoms with E-state index in [2.05, 4.69) is 83.0 Å². The van der Waals surface area contributed by atoms with Gasteiger partial charge in [0.05, 0.1) is 0 Å². The summed E-state index contributed by atoms with van der Waals surface area (Å²) in [6, 6.07) is 13.1. The van der Waals surface area contributed by atoms with E-state index in [-0.39, 0.29) is 0 Å². The maximum Gasteiger partial charge on any atom is 0.0346 e. The fourth-order valence-electron chi connectivity index (χ4n) is 4.80. The molecule has 30 heavy (non-hydrogen) atoms. The summed E-state index contributed by atoms with van der Waals surface area (Å²) in [5.41, 5.74) is 7.58. The second-order valence-electron chi connectivity index (χ2n) is 8.35. The van der Waals surface area contributed by atoms with Crippen molar-refractivity contribution in [1.29, 1.82) is 0 Å². The average molecular weight is 419 g/mol. The molecule has 0 fully saturated rings. The van der Waals surface area contributed by atoms with Crippen molar-refractivity contribution in [2.45, 2.75) is 84.0 Å². The molecule has 0 aliphatic heterocycles. The molecule has 1 atom stereocenters. The molecular formula is C29H38S. The second kappa shape index (κ2) is 12.1. The summed E-state index contributed by atoms with van der Waals surface area (Å²) >= 11 is 4.43.